The molecule has 0 spiro atoms. The summed E-state index contributed by atoms with van der Waals surface area (Å²) in [6, 6.07) is 5.20. The van der Waals surface area contributed by atoms with Gasteiger partial charge in [-0.3, -0.25) is 4.79 Å². The zero-order chi connectivity index (χ0) is 15.6. The molecule has 0 aliphatic heterocycles. The van der Waals surface area contributed by atoms with Gasteiger partial charge >= 0.3 is 5.97 Å². The summed E-state index contributed by atoms with van der Waals surface area (Å²) in [5.41, 5.74) is 1.47. The second kappa shape index (κ2) is 6.29. The Morgan fingerprint density at radius 3 is 2.38 bits per heavy atom. The minimum Gasteiger partial charge on any atom is -0.478 e. The Kier molecular flexibility index (Phi) is 4.66. The van der Waals surface area contributed by atoms with Crippen molar-refractivity contribution in [2.75, 3.05) is 6.54 Å². The first-order valence-corrected chi connectivity index (χ1v) is 7.54. The Bertz CT molecular complexity index is 547. The predicted octanol–water partition coefficient (Wildman–Crippen LogP) is 3.34. The number of carbonyl (C=O) groups is 2. The van der Waals surface area contributed by atoms with Crippen LogP contribution in [0.15, 0.2) is 18.2 Å². The van der Waals surface area contributed by atoms with E-state index in [1.165, 1.54) is 6.07 Å². The van der Waals surface area contributed by atoms with Gasteiger partial charge in [0.1, 0.15) is 0 Å². The molecule has 0 saturated heterocycles. The summed E-state index contributed by atoms with van der Waals surface area (Å²) in [7, 11) is 0. The van der Waals surface area contributed by atoms with Gasteiger partial charge < -0.3 is 10.0 Å². The van der Waals surface area contributed by atoms with Crippen LogP contribution in [0, 0.1) is 12.8 Å². The third-order valence-electron chi connectivity index (χ3n) is 3.77. The van der Waals surface area contributed by atoms with E-state index >= 15 is 0 Å². The zero-order valence-electron chi connectivity index (χ0n) is 12.9. The Balaban J connectivity index is 2.22. The van der Waals surface area contributed by atoms with Crippen molar-refractivity contribution in [2.45, 2.75) is 46.1 Å². The van der Waals surface area contributed by atoms with E-state index < -0.39 is 5.97 Å². The third-order valence-corrected chi connectivity index (χ3v) is 3.77. The van der Waals surface area contributed by atoms with Crippen molar-refractivity contribution in [1.29, 1.82) is 0 Å². The molecule has 0 heterocycles. The standard InChI is InChI=1S/C17H23NO3/c1-11(2)6-7-18(15-4-5-15)16(19)13-8-12(3)9-14(10-13)17(20)21/h8-11,15H,4-7H2,1-3H3,(H,20,21). The average molecular weight is 289 g/mol. The SMILES string of the molecule is Cc1cc(C(=O)O)cc(C(=O)N(CCC(C)C)C2CC2)c1. The lowest BCUT2D eigenvalue weighted by atomic mass is 10.0. The molecule has 1 aromatic rings. The highest BCUT2D eigenvalue weighted by atomic mass is 16.4. The molecule has 1 aromatic carbocycles. The summed E-state index contributed by atoms with van der Waals surface area (Å²) >= 11 is 0. The molecular formula is C17H23NO3. The number of carbonyl (C=O) groups excluding carboxylic acids is 1. The normalized spacial score (nSPS) is 14.3. The van der Waals surface area contributed by atoms with Crippen molar-refractivity contribution >= 4 is 11.9 Å². The van der Waals surface area contributed by atoms with Gasteiger partial charge in [-0.05, 0) is 55.9 Å². The van der Waals surface area contributed by atoms with E-state index in [4.69, 9.17) is 5.11 Å². The second-order valence-corrected chi connectivity index (χ2v) is 6.31. The molecule has 0 bridgehead atoms. The summed E-state index contributed by atoms with van der Waals surface area (Å²) in [5.74, 6) is -0.483. The molecule has 0 atom stereocenters. The Hall–Kier alpha value is -1.84. The molecular weight excluding hydrogens is 266 g/mol. The van der Waals surface area contributed by atoms with Crippen LogP contribution in [0.25, 0.3) is 0 Å². The molecule has 1 fully saturated rings. The number of benzene rings is 1. The van der Waals surface area contributed by atoms with Gasteiger partial charge in [0.15, 0.2) is 0 Å². The van der Waals surface area contributed by atoms with E-state index in [9.17, 15) is 9.59 Å². The highest BCUT2D eigenvalue weighted by Crippen LogP contribution is 2.29. The number of aromatic carboxylic acids is 1. The molecule has 1 amide bonds. The van der Waals surface area contributed by atoms with Gasteiger partial charge in [0.2, 0.25) is 0 Å². The number of amides is 1. The van der Waals surface area contributed by atoms with Crippen LogP contribution in [-0.2, 0) is 0 Å². The second-order valence-electron chi connectivity index (χ2n) is 6.31. The quantitative estimate of drug-likeness (QED) is 0.873. The zero-order valence-corrected chi connectivity index (χ0v) is 12.9. The smallest absolute Gasteiger partial charge is 0.335 e. The van der Waals surface area contributed by atoms with Crippen LogP contribution in [0.2, 0.25) is 0 Å². The molecule has 0 unspecified atom stereocenters. The number of carboxylic acids is 1. The van der Waals surface area contributed by atoms with E-state index in [2.05, 4.69) is 13.8 Å². The average Bonchev–Trinajstić information content (AvgIpc) is 3.22. The maximum Gasteiger partial charge on any atom is 0.335 e. The molecule has 1 aliphatic rings. The topological polar surface area (TPSA) is 57.6 Å². The molecule has 1 aliphatic carbocycles. The fraction of sp³-hybridized carbons (Fsp3) is 0.529. The summed E-state index contributed by atoms with van der Waals surface area (Å²) in [5, 5.41) is 9.13. The summed E-state index contributed by atoms with van der Waals surface area (Å²) in [6.07, 6.45) is 3.09. The van der Waals surface area contributed by atoms with Crippen molar-refractivity contribution < 1.29 is 14.7 Å². The van der Waals surface area contributed by atoms with Crippen LogP contribution < -0.4 is 0 Å². The van der Waals surface area contributed by atoms with E-state index in [0.717, 1.165) is 31.4 Å². The molecule has 4 nitrogen and oxygen atoms in total. The molecule has 0 aromatic heterocycles. The molecule has 21 heavy (non-hydrogen) atoms. The number of carboxylic acid groups (broad SMARTS) is 1. The van der Waals surface area contributed by atoms with Crippen LogP contribution in [-0.4, -0.2) is 34.5 Å². The largest absolute Gasteiger partial charge is 0.478 e. The van der Waals surface area contributed by atoms with Gasteiger partial charge in [-0.1, -0.05) is 13.8 Å². The fourth-order valence-electron chi connectivity index (χ4n) is 2.43. The summed E-state index contributed by atoms with van der Waals surface area (Å²) in [6.45, 7) is 6.85. The van der Waals surface area contributed by atoms with Crippen LogP contribution in [0.1, 0.15) is 59.4 Å². The number of rotatable bonds is 6. The summed E-state index contributed by atoms with van der Waals surface area (Å²) in [4.78, 5) is 25.8. The van der Waals surface area contributed by atoms with Crippen molar-refractivity contribution in [1.82, 2.24) is 4.90 Å². The van der Waals surface area contributed by atoms with Crippen molar-refractivity contribution in [3.63, 3.8) is 0 Å². The number of hydrogen-bond donors (Lipinski definition) is 1. The lowest BCUT2D eigenvalue weighted by molar-refractivity contribution is 0.0696. The Morgan fingerprint density at radius 1 is 1.24 bits per heavy atom. The minimum atomic E-state index is -0.993. The van der Waals surface area contributed by atoms with Crippen LogP contribution in [0.5, 0.6) is 0 Å². The minimum absolute atomic E-state index is 0.0376. The molecule has 2 rings (SSSR count). The van der Waals surface area contributed by atoms with Crippen LogP contribution >= 0.6 is 0 Å². The van der Waals surface area contributed by atoms with Gasteiger partial charge in [-0.25, -0.2) is 4.79 Å². The predicted molar refractivity (Wildman–Crippen MR) is 81.7 cm³/mol. The van der Waals surface area contributed by atoms with E-state index in [1.807, 2.05) is 11.8 Å². The van der Waals surface area contributed by atoms with E-state index in [-0.39, 0.29) is 11.5 Å². The fourth-order valence-corrected chi connectivity index (χ4v) is 2.43. The number of aryl methyl sites for hydroxylation is 1. The van der Waals surface area contributed by atoms with E-state index in [0.29, 0.717) is 17.5 Å². The first-order chi connectivity index (χ1) is 9.88. The Morgan fingerprint density at radius 2 is 1.86 bits per heavy atom. The number of nitrogens with zero attached hydrogens (tertiary/aromatic N) is 1. The summed E-state index contributed by atoms with van der Waals surface area (Å²) < 4.78 is 0. The first-order valence-electron chi connectivity index (χ1n) is 7.54. The van der Waals surface area contributed by atoms with Crippen molar-refractivity contribution in [3.05, 3.63) is 34.9 Å². The molecule has 4 heteroatoms. The van der Waals surface area contributed by atoms with Gasteiger partial charge in [0.05, 0.1) is 5.56 Å². The molecule has 1 N–H and O–H groups in total. The van der Waals surface area contributed by atoms with Crippen molar-refractivity contribution in [2.24, 2.45) is 5.92 Å². The van der Waals surface area contributed by atoms with Gasteiger partial charge in [0, 0.05) is 18.2 Å². The third kappa shape index (κ3) is 4.06. The lowest BCUT2D eigenvalue weighted by Gasteiger charge is -2.24. The van der Waals surface area contributed by atoms with Crippen LogP contribution in [0.3, 0.4) is 0 Å². The van der Waals surface area contributed by atoms with E-state index in [1.54, 1.807) is 12.1 Å². The maximum atomic E-state index is 12.7. The highest BCUT2D eigenvalue weighted by Gasteiger charge is 2.33. The lowest BCUT2D eigenvalue weighted by Crippen LogP contribution is -2.34. The Labute approximate surface area is 125 Å². The molecule has 0 radical (unpaired) electrons. The number of hydrogen-bond acceptors (Lipinski definition) is 2. The highest BCUT2D eigenvalue weighted by molar-refractivity contribution is 5.98. The maximum absolute atomic E-state index is 12.7. The first kappa shape index (κ1) is 15.5. The van der Waals surface area contributed by atoms with Crippen LogP contribution in [0.4, 0.5) is 0 Å². The monoisotopic (exact) mass is 289 g/mol. The van der Waals surface area contributed by atoms with Gasteiger partial charge in [-0.2, -0.15) is 0 Å². The molecule has 114 valence electrons. The van der Waals surface area contributed by atoms with Gasteiger partial charge in [0.25, 0.3) is 5.91 Å². The van der Waals surface area contributed by atoms with Crippen molar-refractivity contribution in [3.8, 4) is 0 Å². The molecule has 1 saturated carbocycles. The van der Waals surface area contributed by atoms with Gasteiger partial charge in [-0.15, -0.1) is 0 Å².